The monoisotopic (exact) mass is 827 g/mol. The van der Waals surface area contributed by atoms with Crippen LogP contribution in [0.3, 0.4) is 0 Å². The molecule has 2 atom stereocenters. The van der Waals surface area contributed by atoms with Gasteiger partial charge in [-0.05, 0) is 124 Å². The quantitative estimate of drug-likeness (QED) is 0.164. The number of carbonyl (C=O) groups is 4. The Kier molecular flexibility index (Phi) is 10.1. The van der Waals surface area contributed by atoms with Crippen LogP contribution in [0.15, 0.2) is 42.5 Å². The first kappa shape index (κ1) is 39.8. The maximum atomic E-state index is 14.1. The van der Waals surface area contributed by atoms with Crippen molar-refractivity contribution >= 4 is 35.1 Å². The largest absolute Gasteiger partial charge is 0.469 e. The Bertz CT molecular complexity index is 2430. The Hall–Kier alpha value is -5.34. The van der Waals surface area contributed by atoms with Gasteiger partial charge in [0, 0.05) is 81.8 Å². The number of hydrogen-bond donors (Lipinski definition) is 3. The van der Waals surface area contributed by atoms with Crippen LogP contribution in [-0.2, 0) is 47.3 Å². The van der Waals surface area contributed by atoms with E-state index in [1.165, 1.54) is 7.11 Å². The first-order valence-electron chi connectivity index (χ1n) is 22.3. The van der Waals surface area contributed by atoms with Gasteiger partial charge in [0.1, 0.15) is 0 Å². The standard InChI is InChI=1S/C47H57N9O5/c1-29-31(32-8-5-11-38-33(32)14-23-55(38)44(59)36-25-40-35(10-6-21-56(40)52-36)48-26-30-12-13-41(57)49-30)7-4-9-34(29)51-43(58)42-50-37-27-54(22-15-39(37)53(42)2)24-20-46-16-18-47(28-46,19-17-46)45(60)61-3/h4-5,7-9,11,25,30,35,48H,6,10,12-24,26-28H2,1-3H3,(H,49,57)(H,51,58)/t30-,35?,46?,47?/m0/s1. The molecule has 2 saturated carbocycles. The van der Waals surface area contributed by atoms with Gasteiger partial charge in [-0.25, -0.2) is 4.98 Å². The summed E-state index contributed by atoms with van der Waals surface area (Å²) in [5.41, 5.74) is 9.24. The Morgan fingerprint density at radius 3 is 2.61 bits per heavy atom. The second kappa shape index (κ2) is 15.5. The number of benzene rings is 2. The molecule has 320 valence electrons. The molecule has 4 aliphatic heterocycles. The summed E-state index contributed by atoms with van der Waals surface area (Å²) in [6.45, 7) is 6.67. The van der Waals surface area contributed by atoms with E-state index < -0.39 is 0 Å². The molecule has 2 aliphatic carbocycles. The fraction of sp³-hybridized carbons (Fsp3) is 0.532. The van der Waals surface area contributed by atoms with Crippen LogP contribution in [0.5, 0.6) is 0 Å². The number of anilines is 2. The van der Waals surface area contributed by atoms with Crippen molar-refractivity contribution in [2.24, 2.45) is 17.9 Å². The minimum absolute atomic E-state index is 0.0267. The SMILES string of the molecule is COC(=O)C12CCC(CCN3CCc4c(nc(C(=O)Nc5cccc(-c6cccc7c6CCN7C(=O)c6cc7n(n6)CCCC7NC[C@@H]6CCC(=O)N6)c5C)n4C)C3)(CC1)C2. The van der Waals surface area contributed by atoms with Crippen LogP contribution in [0.2, 0.25) is 0 Å². The summed E-state index contributed by atoms with van der Waals surface area (Å²) in [5, 5.41) is 14.6. The van der Waals surface area contributed by atoms with Gasteiger partial charge in [-0.1, -0.05) is 24.3 Å². The lowest BCUT2D eigenvalue weighted by molar-refractivity contribution is -0.152. The maximum Gasteiger partial charge on any atom is 0.311 e. The molecule has 3 fully saturated rings. The lowest BCUT2D eigenvalue weighted by Gasteiger charge is -2.32. The molecule has 0 radical (unpaired) electrons. The summed E-state index contributed by atoms with van der Waals surface area (Å²) >= 11 is 0. The van der Waals surface area contributed by atoms with Crippen molar-refractivity contribution in [1.29, 1.82) is 0 Å². The number of rotatable bonds is 11. The third-order valence-electron chi connectivity index (χ3n) is 15.2. The van der Waals surface area contributed by atoms with Crippen molar-refractivity contribution in [1.82, 2.24) is 34.9 Å². The molecule has 2 bridgehead atoms. The molecule has 6 aliphatic rings. The number of esters is 1. The number of aromatic nitrogens is 4. The summed E-state index contributed by atoms with van der Waals surface area (Å²) in [7, 11) is 3.45. The predicted molar refractivity (Wildman–Crippen MR) is 230 cm³/mol. The van der Waals surface area contributed by atoms with E-state index in [0.29, 0.717) is 44.0 Å². The summed E-state index contributed by atoms with van der Waals surface area (Å²) in [5.74, 6) is 0.149. The van der Waals surface area contributed by atoms with Crippen LogP contribution >= 0.6 is 0 Å². The number of amides is 3. The third-order valence-corrected chi connectivity index (χ3v) is 15.2. The van der Waals surface area contributed by atoms with Gasteiger partial charge in [0.15, 0.2) is 11.5 Å². The van der Waals surface area contributed by atoms with Gasteiger partial charge in [-0.15, -0.1) is 0 Å². The van der Waals surface area contributed by atoms with Gasteiger partial charge in [-0.2, -0.15) is 5.10 Å². The van der Waals surface area contributed by atoms with Gasteiger partial charge in [-0.3, -0.25) is 28.8 Å². The molecule has 14 nitrogen and oxygen atoms in total. The van der Waals surface area contributed by atoms with E-state index in [2.05, 4.69) is 33.0 Å². The van der Waals surface area contributed by atoms with Crippen molar-refractivity contribution < 1.29 is 23.9 Å². The first-order valence-corrected chi connectivity index (χ1v) is 22.3. The van der Waals surface area contributed by atoms with Crippen molar-refractivity contribution in [2.45, 2.75) is 109 Å². The normalized spacial score (nSPS) is 25.3. The van der Waals surface area contributed by atoms with Crippen LogP contribution in [0.4, 0.5) is 11.4 Å². The molecule has 6 heterocycles. The number of methoxy groups -OCH3 is 1. The highest BCUT2D eigenvalue weighted by molar-refractivity contribution is 6.07. The molecule has 14 heteroatoms. The zero-order valence-corrected chi connectivity index (χ0v) is 35.6. The van der Waals surface area contributed by atoms with E-state index in [4.69, 9.17) is 14.8 Å². The summed E-state index contributed by atoms with van der Waals surface area (Å²) < 4.78 is 9.12. The van der Waals surface area contributed by atoms with Gasteiger partial charge in [0.05, 0.1) is 23.9 Å². The van der Waals surface area contributed by atoms with Crippen molar-refractivity contribution in [3.63, 3.8) is 0 Å². The van der Waals surface area contributed by atoms with Crippen LogP contribution in [-0.4, -0.2) is 87.3 Å². The predicted octanol–water partition coefficient (Wildman–Crippen LogP) is 5.62. The fourth-order valence-corrected chi connectivity index (χ4v) is 11.7. The van der Waals surface area contributed by atoms with E-state index in [1.54, 1.807) is 0 Å². The number of nitrogens with zero attached hydrogens (tertiary/aromatic N) is 6. The van der Waals surface area contributed by atoms with Gasteiger partial charge in [0.2, 0.25) is 5.91 Å². The Labute approximate surface area is 356 Å². The maximum absolute atomic E-state index is 14.1. The highest BCUT2D eigenvalue weighted by atomic mass is 16.5. The molecule has 2 aromatic heterocycles. The molecule has 10 rings (SSSR count). The molecular formula is C47H57N9O5. The lowest BCUT2D eigenvalue weighted by Crippen LogP contribution is -2.38. The van der Waals surface area contributed by atoms with Crippen LogP contribution in [0.25, 0.3) is 11.1 Å². The third kappa shape index (κ3) is 7.05. The smallest absolute Gasteiger partial charge is 0.311 e. The fourth-order valence-electron chi connectivity index (χ4n) is 11.7. The van der Waals surface area contributed by atoms with E-state index in [0.717, 1.165) is 135 Å². The second-order valence-electron chi connectivity index (χ2n) is 18.6. The van der Waals surface area contributed by atoms with E-state index in [1.807, 2.05) is 58.5 Å². The number of ether oxygens (including phenoxy) is 1. The zero-order valence-electron chi connectivity index (χ0n) is 35.6. The number of hydrogen-bond acceptors (Lipinski definition) is 9. The van der Waals surface area contributed by atoms with Crippen molar-refractivity contribution in [3.05, 3.63) is 82.2 Å². The Balaban J connectivity index is 0.808. The molecule has 4 aromatic rings. The van der Waals surface area contributed by atoms with Crippen LogP contribution in [0.1, 0.15) is 120 Å². The average molecular weight is 828 g/mol. The molecule has 0 spiro atoms. The van der Waals surface area contributed by atoms with E-state index >= 15 is 0 Å². The number of fused-ring (bicyclic) bond motifs is 5. The Morgan fingerprint density at radius 1 is 0.984 bits per heavy atom. The lowest BCUT2D eigenvalue weighted by atomic mass is 9.80. The van der Waals surface area contributed by atoms with Gasteiger partial charge in [0.25, 0.3) is 11.8 Å². The number of nitrogens with one attached hydrogen (secondary N) is 3. The van der Waals surface area contributed by atoms with Crippen molar-refractivity contribution in [2.75, 3.05) is 43.5 Å². The van der Waals surface area contributed by atoms with Crippen LogP contribution < -0.4 is 20.9 Å². The number of aryl methyl sites for hydroxylation is 1. The van der Waals surface area contributed by atoms with Crippen molar-refractivity contribution in [3.8, 4) is 11.1 Å². The summed E-state index contributed by atoms with van der Waals surface area (Å²) in [6.07, 6.45) is 11.0. The minimum Gasteiger partial charge on any atom is -0.469 e. The molecule has 2 aromatic carbocycles. The first-order chi connectivity index (χ1) is 29.5. The average Bonchev–Trinajstić information content (AvgIpc) is 4.14. The number of imidazole rings is 1. The molecule has 1 unspecified atom stereocenters. The second-order valence-corrected chi connectivity index (χ2v) is 18.6. The molecule has 3 amide bonds. The summed E-state index contributed by atoms with van der Waals surface area (Å²) in [6, 6.07) is 14.3. The van der Waals surface area contributed by atoms with E-state index in [9.17, 15) is 19.2 Å². The zero-order chi connectivity index (χ0) is 42.0. The number of carbonyl (C=O) groups excluding carboxylic acids is 4. The van der Waals surface area contributed by atoms with Gasteiger partial charge < -0.3 is 30.2 Å². The molecule has 61 heavy (non-hydrogen) atoms. The molecule has 1 saturated heterocycles. The molecular weight excluding hydrogens is 771 g/mol. The molecule has 3 N–H and O–H groups in total. The van der Waals surface area contributed by atoms with Gasteiger partial charge >= 0.3 is 5.97 Å². The highest BCUT2D eigenvalue weighted by Gasteiger charge is 2.58. The topological polar surface area (TPSA) is 156 Å². The highest BCUT2D eigenvalue weighted by Crippen LogP contribution is 2.63. The minimum atomic E-state index is -0.267. The van der Waals surface area contributed by atoms with Crippen LogP contribution in [0, 0.1) is 17.8 Å². The summed E-state index contributed by atoms with van der Waals surface area (Å²) in [4.78, 5) is 61.6. The van der Waals surface area contributed by atoms with E-state index in [-0.39, 0.29) is 46.6 Å². The Morgan fingerprint density at radius 2 is 1.80 bits per heavy atom.